The second kappa shape index (κ2) is 9.92. The molecule has 1 heterocycles. The van der Waals surface area contributed by atoms with Crippen molar-refractivity contribution >= 4 is 20.0 Å². The van der Waals surface area contributed by atoms with Crippen molar-refractivity contribution in [2.24, 2.45) is 0 Å². The predicted octanol–water partition coefficient (Wildman–Crippen LogP) is 1.03. The van der Waals surface area contributed by atoms with Gasteiger partial charge < -0.3 is 20.3 Å². The third kappa shape index (κ3) is 8.28. The molecule has 1 saturated heterocycles. The van der Waals surface area contributed by atoms with E-state index in [1.165, 1.54) is 0 Å². The molecular weight excluding hydrogens is 363 g/mol. The van der Waals surface area contributed by atoms with E-state index in [0.29, 0.717) is 26.3 Å². The van der Waals surface area contributed by atoms with E-state index in [4.69, 9.17) is 4.74 Å². The molecule has 1 atom stereocenters. The summed E-state index contributed by atoms with van der Waals surface area (Å²) >= 11 is 0. The Morgan fingerprint density at radius 3 is 2.33 bits per heavy atom. The van der Waals surface area contributed by atoms with Crippen LogP contribution in [0.3, 0.4) is 0 Å². The molecule has 1 fully saturated rings. The minimum absolute atomic E-state index is 0. The Bertz CT molecular complexity index is 344. The van der Waals surface area contributed by atoms with Crippen LogP contribution in [0.25, 0.3) is 0 Å². The maximum atomic E-state index is 12.2. The second-order valence-corrected chi connectivity index (χ2v) is 11.7. The minimum Gasteiger partial charge on any atom is -0.504 e. The summed E-state index contributed by atoms with van der Waals surface area (Å²) in [5.41, 5.74) is 0. The number of urea groups is 1. The number of carbonyl (C=O) groups is 2. The van der Waals surface area contributed by atoms with Crippen LogP contribution < -0.4 is 10.6 Å². The zero-order valence-electron chi connectivity index (χ0n) is 13.4. The molecule has 0 spiro atoms. The summed E-state index contributed by atoms with van der Waals surface area (Å²) < 4.78 is 5.22. The fourth-order valence-corrected chi connectivity index (χ4v) is 3.58. The van der Waals surface area contributed by atoms with E-state index in [-0.39, 0.29) is 44.6 Å². The summed E-state index contributed by atoms with van der Waals surface area (Å²) in [6.45, 7) is 12.2. The van der Waals surface area contributed by atoms with Gasteiger partial charge in [0, 0.05) is 53.9 Å². The Kier molecular flexibility index (Phi) is 9.93. The fraction of sp³-hybridized carbons (Fsp3) is 0.769. The van der Waals surface area contributed by atoms with Crippen LogP contribution in [0.15, 0.2) is 0 Å². The minimum atomic E-state index is -1.46. The topological polar surface area (TPSA) is 70.7 Å². The Morgan fingerprint density at radius 1 is 1.29 bits per heavy atom. The molecule has 119 valence electrons. The molecule has 0 unspecified atom stereocenters. The number of nitrogens with zero attached hydrogens (tertiary/aromatic N) is 1. The van der Waals surface area contributed by atoms with Gasteiger partial charge in [0.1, 0.15) is 6.04 Å². The summed E-state index contributed by atoms with van der Waals surface area (Å²) in [7, 11) is -1.46. The van der Waals surface area contributed by atoms with E-state index in [2.05, 4.69) is 30.3 Å². The molecule has 1 aliphatic heterocycles. The normalized spacial score (nSPS) is 16.7. The fourth-order valence-electron chi connectivity index (χ4n) is 2.07. The molecule has 2 N–H and O–H groups in total. The van der Waals surface area contributed by atoms with Gasteiger partial charge in [0.15, 0.2) is 0 Å². The van der Waals surface area contributed by atoms with E-state index in [9.17, 15) is 9.59 Å². The summed E-state index contributed by atoms with van der Waals surface area (Å²) in [6.07, 6.45) is 0. The molecule has 0 aliphatic carbocycles. The number of morpholine rings is 1. The van der Waals surface area contributed by atoms with Crippen LogP contribution in [0.2, 0.25) is 25.7 Å². The number of rotatable bonds is 5. The van der Waals surface area contributed by atoms with Crippen LogP contribution in [0, 0.1) is 6.54 Å². The van der Waals surface area contributed by atoms with Gasteiger partial charge in [-0.1, -0.05) is 19.6 Å². The number of amides is 3. The largest absolute Gasteiger partial charge is 0.504 e. The monoisotopic (exact) mass is 389 g/mol. The molecular formula is C13H26N3O3SiY-. The molecule has 1 radical (unpaired) electrons. The van der Waals surface area contributed by atoms with Crippen molar-refractivity contribution in [1.29, 1.82) is 0 Å². The van der Waals surface area contributed by atoms with Gasteiger partial charge in [-0.25, -0.2) is 11.3 Å². The van der Waals surface area contributed by atoms with Gasteiger partial charge in [-0.05, 0) is 6.04 Å². The van der Waals surface area contributed by atoms with Crippen molar-refractivity contribution in [3.63, 3.8) is 0 Å². The molecule has 1 rings (SSSR count). The molecule has 1 aliphatic rings. The zero-order valence-corrected chi connectivity index (χ0v) is 17.3. The molecule has 0 bridgehead atoms. The molecule has 21 heavy (non-hydrogen) atoms. The number of ether oxygens (including phenoxy) is 1. The average molecular weight is 389 g/mol. The molecule has 0 aromatic carbocycles. The summed E-state index contributed by atoms with van der Waals surface area (Å²) in [5, 5.41) is 5.54. The van der Waals surface area contributed by atoms with Crippen LogP contribution >= 0.6 is 0 Å². The van der Waals surface area contributed by atoms with Crippen LogP contribution in [-0.2, 0) is 42.2 Å². The quantitative estimate of drug-likeness (QED) is 0.545. The van der Waals surface area contributed by atoms with E-state index >= 15 is 0 Å². The third-order valence-electron chi connectivity index (χ3n) is 3.02. The first-order valence-corrected chi connectivity index (χ1v) is 10.8. The first-order chi connectivity index (χ1) is 9.33. The maximum Gasteiger partial charge on any atom is 0.318 e. The molecule has 0 saturated carbocycles. The molecule has 0 aromatic heterocycles. The predicted molar refractivity (Wildman–Crippen MR) is 81.0 cm³/mol. The van der Waals surface area contributed by atoms with E-state index in [1.807, 2.05) is 0 Å². The second-order valence-electron chi connectivity index (χ2n) is 6.16. The molecule has 6 nitrogen and oxygen atoms in total. The first kappa shape index (κ1) is 21.0. The molecule has 8 heteroatoms. The van der Waals surface area contributed by atoms with Crippen molar-refractivity contribution in [2.75, 3.05) is 26.3 Å². The van der Waals surface area contributed by atoms with Crippen molar-refractivity contribution in [3.05, 3.63) is 6.54 Å². The maximum absolute atomic E-state index is 12.2. The standard InChI is InChI=1S/C13H26N3O3Si.Y/c1-5-14-12(17)11(10-20(2,3)4)15-13(18)16-6-8-19-9-7-16;/h5,11H,6-10H2,1-4H3,(H,14,17)(H,15,18);/q-1;/t11-;/m0./s1. The van der Waals surface area contributed by atoms with Gasteiger partial charge >= 0.3 is 6.03 Å². The number of hydrogen-bond donors (Lipinski definition) is 2. The number of nitrogens with one attached hydrogen (secondary N) is 2. The average Bonchev–Trinajstić information content (AvgIpc) is 2.37. The van der Waals surface area contributed by atoms with Gasteiger partial charge in [0.25, 0.3) is 0 Å². The van der Waals surface area contributed by atoms with Gasteiger partial charge in [0.2, 0.25) is 5.91 Å². The Labute approximate surface area is 153 Å². The van der Waals surface area contributed by atoms with Crippen LogP contribution in [0.5, 0.6) is 0 Å². The van der Waals surface area contributed by atoms with Crippen LogP contribution in [0.1, 0.15) is 6.92 Å². The smallest absolute Gasteiger partial charge is 0.318 e. The van der Waals surface area contributed by atoms with Gasteiger partial charge in [-0.3, -0.25) is 4.79 Å². The van der Waals surface area contributed by atoms with Crippen LogP contribution in [0.4, 0.5) is 4.79 Å². The van der Waals surface area contributed by atoms with Gasteiger partial charge in [-0.2, -0.15) is 6.92 Å². The number of carbonyl (C=O) groups excluding carboxylic acids is 2. The molecule has 0 aromatic rings. The summed E-state index contributed by atoms with van der Waals surface area (Å²) in [5.74, 6) is -0.142. The Balaban J connectivity index is 0.00000400. The van der Waals surface area contributed by atoms with Crippen molar-refractivity contribution in [2.45, 2.75) is 38.7 Å². The van der Waals surface area contributed by atoms with E-state index < -0.39 is 14.1 Å². The molecule has 3 amide bonds. The summed E-state index contributed by atoms with van der Waals surface area (Å²) in [6, 6.07) is 0.0824. The van der Waals surface area contributed by atoms with Gasteiger partial charge in [0.05, 0.1) is 13.2 Å². The van der Waals surface area contributed by atoms with Crippen LogP contribution in [-0.4, -0.2) is 57.3 Å². The van der Waals surface area contributed by atoms with Crippen molar-refractivity contribution in [3.8, 4) is 0 Å². The van der Waals surface area contributed by atoms with E-state index in [0.717, 1.165) is 6.04 Å². The Hall–Kier alpha value is 0.0208. The van der Waals surface area contributed by atoms with E-state index in [1.54, 1.807) is 18.4 Å². The Morgan fingerprint density at radius 2 is 1.86 bits per heavy atom. The SMILES string of the molecule is C[CH-]NC(=O)[C@H](C[Si](C)(C)C)NC(=O)N1CCOCC1.[Y]. The summed E-state index contributed by atoms with van der Waals surface area (Å²) in [4.78, 5) is 25.9. The first-order valence-electron chi connectivity index (χ1n) is 7.05. The zero-order chi connectivity index (χ0) is 15.2. The third-order valence-corrected chi connectivity index (χ3v) is 4.65. The number of hydrogen-bond acceptors (Lipinski definition) is 3. The van der Waals surface area contributed by atoms with Crippen molar-refractivity contribution in [1.82, 2.24) is 15.5 Å². The van der Waals surface area contributed by atoms with Crippen molar-refractivity contribution < 1.29 is 47.0 Å². The van der Waals surface area contributed by atoms with Gasteiger partial charge in [-0.15, -0.1) is 0 Å².